The molecule has 1 atom stereocenters. The van der Waals surface area contributed by atoms with Crippen molar-refractivity contribution in [3.8, 4) is 5.75 Å². The molecule has 1 aliphatic rings. The molecule has 100 valence electrons. The fourth-order valence-corrected chi connectivity index (χ4v) is 2.33. The zero-order chi connectivity index (χ0) is 12.8. The maximum absolute atomic E-state index is 9.21. The lowest BCUT2D eigenvalue weighted by atomic mass is 10.1. The molecular weight excluding hydrogens is 226 g/mol. The van der Waals surface area contributed by atoms with Crippen LogP contribution in [0.3, 0.4) is 0 Å². The highest BCUT2D eigenvalue weighted by atomic mass is 16.5. The molecule has 1 N–H and O–H groups in total. The van der Waals surface area contributed by atoms with Crippen molar-refractivity contribution < 1.29 is 9.84 Å². The van der Waals surface area contributed by atoms with Crippen molar-refractivity contribution in [1.29, 1.82) is 0 Å². The summed E-state index contributed by atoms with van der Waals surface area (Å²) < 4.78 is 5.53. The van der Waals surface area contributed by atoms with Crippen molar-refractivity contribution in [3.63, 3.8) is 0 Å². The molecule has 1 heterocycles. The number of benzene rings is 1. The SMILES string of the molecule is C[C@@H](O)COc1cccc(CN2CCCCC2)c1. The molecule has 0 saturated carbocycles. The number of aliphatic hydroxyl groups excluding tert-OH is 1. The second kappa shape index (κ2) is 6.76. The van der Waals surface area contributed by atoms with E-state index in [1.165, 1.54) is 37.9 Å². The highest BCUT2D eigenvalue weighted by Crippen LogP contribution is 2.17. The topological polar surface area (TPSA) is 32.7 Å². The van der Waals surface area contributed by atoms with Gasteiger partial charge in [0.2, 0.25) is 0 Å². The second-order valence-corrected chi connectivity index (χ2v) is 5.14. The zero-order valence-corrected chi connectivity index (χ0v) is 11.1. The van der Waals surface area contributed by atoms with Crippen molar-refractivity contribution >= 4 is 0 Å². The summed E-state index contributed by atoms with van der Waals surface area (Å²) in [7, 11) is 0. The van der Waals surface area contributed by atoms with E-state index in [0.717, 1.165) is 12.3 Å². The van der Waals surface area contributed by atoms with Gasteiger partial charge in [0.05, 0.1) is 6.10 Å². The Labute approximate surface area is 109 Å². The van der Waals surface area contributed by atoms with Crippen molar-refractivity contribution in [1.82, 2.24) is 4.90 Å². The Hall–Kier alpha value is -1.06. The Morgan fingerprint density at radius 2 is 2.06 bits per heavy atom. The number of likely N-dealkylation sites (tertiary alicyclic amines) is 1. The van der Waals surface area contributed by atoms with Crippen LogP contribution in [0.15, 0.2) is 24.3 Å². The first kappa shape index (κ1) is 13.4. The van der Waals surface area contributed by atoms with Gasteiger partial charge in [-0.05, 0) is 50.6 Å². The first-order valence-corrected chi connectivity index (χ1v) is 6.86. The molecular formula is C15H23NO2. The summed E-state index contributed by atoms with van der Waals surface area (Å²) in [5.41, 5.74) is 1.29. The summed E-state index contributed by atoms with van der Waals surface area (Å²) >= 11 is 0. The molecule has 0 radical (unpaired) electrons. The summed E-state index contributed by atoms with van der Waals surface area (Å²) in [6.45, 7) is 5.51. The van der Waals surface area contributed by atoms with Gasteiger partial charge >= 0.3 is 0 Å². The molecule has 3 nitrogen and oxygen atoms in total. The maximum Gasteiger partial charge on any atom is 0.119 e. The van der Waals surface area contributed by atoms with Crippen LogP contribution in [0.4, 0.5) is 0 Å². The van der Waals surface area contributed by atoms with Crippen LogP contribution in [0.1, 0.15) is 31.7 Å². The van der Waals surface area contributed by atoms with Gasteiger partial charge in [-0.3, -0.25) is 4.90 Å². The lowest BCUT2D eigenvalue weighted by Gasteiger charge is -2.26. The maximum atomic E-state index is 9.21. The van der Waals surface area contributed by atoms with Gasteiger partial charge in [0, 0.05) is 6.54 Å². The van der Waals surface area contributed by atoms with Crippen LogP contribution in [0.2, 0.25) is 0 Å². The van der Waals surface area contributed by atoms with Gasteiger partial charge in [0.1, 0.15) is 12.4 Å². The van der Waals surface area contributed by atoms with Crippen molar-refractivity contribution in [2.75, 3.05) is 19.7 Å². The minimum absolute atomic E-state index is 0.354. The molecule has 0 amide bonds. The summed E-state index contributed by atoms with van der Waals surface area (Å²) in [6.07, 6.45) is 3.58. The predicted molar refractivity (Wildman–Crippen MR) is 72.7 cm³/mol. The van der Waals surface area contributed by atoms with E-state index in [1.807, 2.05) is 12.1 Å². The Morgan fingerprint density at radius 3 is 2.78 bits per heavy atom. The third kappa shape index (κ3) is 4.31. The lowest BCUT2D eigenvalue weighted by Crippen LogP contribution is -2.29. The van der Waals surface area contributed by atoms with E-state index in [1.54, 1.807) is 6.92 Å². The van der Waals surface area contributed by atoms with Crippen LogP contribution in [-0.2, 0) is 6.54 Å². The first-order valence-electron chi connectivity index (χ1n) is 6.86. The molecule has 1 aliphatic heterocycles. The van der Waals surface area contributed by atoms with Gasteiger partial charge in [0.15, 0.2) is 0 Å². The minimum atomic E-state index is -0.421. The van der Waals surface area contributed by atoms with Crippen molar-refractivity contribution in [2.45, 2.75) is 38.8 Å². The van der Waals surface area contributed by atoms with E-state index < -0.39 is 6.10 Å². The third-order valence-electron chi connectivity index (χ3n) is 3.24. The van der Waals surface area contributed by atoms with Crippen molar-refractivity contribution in [3.05, 3.63) is 29.8 Å². The largest absolute Gasteiger partial charge is 0.491 e. The summed E-state index contributed by atoms with van der Waals surface area (Å²) in [4.78, 5) is 2.50. The normalized spacial score (nSPS) is 18.6. The molecule has 1 fully saturated rings. The Bertz CT molecular complexity index is 359. The summed E-state index contributed by atoms with van der Waals surface area (Å²) in [5.74, 6) is 0.852. The van der Waals surface area contributed by atoms with E-state index in [9.17, 15) is 5.11 Å². The average molecular weight is 249 g/mol. The molecule has 1 aromatic rings. The fraction of sp³-hybridized carbons (Fsp3) is 0.600. The van der Waals surface area contributed by atoms with Gasteiger partial charge in [-0.25, -0.2) is 0 Å². The van der Waals surface area contributed by atoms with Gasteiger partial charge in [-0.15, -0.1) is 0 Å². The van der Waals surface area contributed by atoms with Crippen molar-refractivity contribution in [2.24, 2.45) is 0 Å². The fourth-order valence-electron chi connectivity index (χ4n) is 2.33. The second-order valence-electron chi connectivity index (χ2n) is 5.14. The molecule has 1 saturated heterocycles. The highest BCUT2D eigenvalue weighted by molar-refractivity contribution is 5.28. The molecule has 0 aliphatic carbocycles. The van der Waals surface area contributed by atoms with Gasteiger partial charge in [0.25, 0.3) is 0 Å². The molecule has 0 aromatic heterocycles. The molecule has 1 aromatic carbocycles. The molecule has 2 rings (SSSR count). The molecule has 0 bridgehead atoms. The monoisotopic (exact) mass is 249 g/mol. The van der Waals surface area contributed by atoms with Gasteiger partial charge in [-0.2, -0.15) is 0 Å². The quantitative estimate of drug-likeness (QED) is 0.870. The number of aliphatic hydroxyl groups is 1. The molecule has 0 unspecified atom stereocenters. The Balaban J connectivity index is 1.89. The van der Waals surface area contributed by atoms with Gasteiger partial charge in [-0.1, -0.05) is 18.6 Å². The van der Waals surface area contributed by atoms with Gasteiger partial charge < -0.3 is 9.84 Å². The number of piperidine rings is 1. The van der Waals surface area contributed by atoms with E-state index in [2.05, 4.69) is 17.0 Å². The van der Waals surface area contributed by atoms with E-state index in [4.69, 9.17) is 4.74 Å². The Morgan fingerprint density at radius 1 is 1.28 bits per heavy atom. The van der Waals surface area contributed by atoms with E-state index in [0.29, 0.717) is 6.61 Å². The van der Waals surface area contributed by atoms with Crippen LogP contribution in [0, 0.1) is 0 Å². The summed E-state index contributed by atoms with van der Waals surface area (Å²) in [6, 6.07) is 8.19. The standard InChI is InChI=1S/C15H23NO2/c1-13(17)12-18-15-7-5-6-14(10-15)11-16-8-3-2-4-9-16/h5-7,10,13,17H,2-4,8-9,11-12H2,1H3/t13-/m1/s1. The highest BCUT2D eigenvalue weighted by Gasteiger charge is 2.10. The Kier molecular flexibility index (Phi) is 5.02. The zero-order valence-electron chi connectivity index (χ0n) is 11.1. The van der Waals surface area contributed by atoms with Crippen LogP contribution in [0.5, 0.6) is 5.75 Å². The van der Waals surface area contributed by atoms with Crippen LogP contribution in [-0.4, -0.2) is 35.8 Å². The number of ether oxygens (including phenoxy) is 1. The number of rotatable bonds is 5. The first-order chi connectivity index (χ1) is 8.74. The van der Waals surface area contributed by atoms with Crippen LogP contribution < -0.4 is 4.74 Å². The molecule has 3 heteroatoms. The summed E-state index contributed by atoms with van der Waals surface area (Å²) in [5, 5.41) is 9.21. The number of nitrogens with zero attached hydrogens (tertiary/aromatic N) is 1. The smallest absolute Gasteiger partial charge is 0.119 e. The third-order valence-corrected chi connectivity index (χ3v) is 3.24. The molecule has 18 heavy (non-hydrogen) atoms. The molecule has 0 spiro atoms. The average Bonchev–Trinajstić information content (AvgIpc) is 2.38. The van der Waals surface area contributed by atoms with Crippen LogP contribution >= 0.6 is 0 Å². The number of hydrogen-bond acceptors (Lipinski definition) is 3. The number of hydrogen-bond donors (Lipinski definition) is 1. The van der Waals surface area contributed by atoms with E-state index >= 15 is 0 Å². The predicted octanol–water partition coefficient (Wildman–Crippen LogP) is 2.43. The minimum Gasteiger partial charge on any atom is -0.491 e. The lowest BCUT2D eigenvalue weighted by molar-refractivity contribution is 0.122. The van der Waals surface area contributed by atoms with E-state index in [-0.39, 0.29) is 0 Å². The van der Waals surface area contributed by atoms with Crippen LogP contribution in [0.25, 0.3) is 0 Å².